The lowest BCUT2D eigenvalue weighted by atomic mass is 10.1. The van der Waals surface area contributed by atoms with Crippen LogP contribution in [0.25, 0.3) is 0 Å². The Hall–Kier alpha value is -2.82. The molecule has 2 rings (SSSR count). The van der Waals surface area contributed by atoms with Gasteiger partial charge < -0.3 is 14.8 Å². The third-order valence-electron chi connectivity index (χ3n) is 3.78. The molecular formula is C20H24N2O3. The first-order valence-electron chi connectivity index (χ1n) is 8.24. The number of nitrogens with one attached hydrogen (secondary N) is 1. The lowest BCUT2D eigenvalue weighted by Gasteiger charge is -2.17. The van der Waals surface area contributed by atoms with E-state index in [9.17, 15) is 4.79 Å². The Kier molecular flexibility index (Phi) is 7.01. The first kappa shape index (κ1) is 18.5. The van der Waals surface area contributed by atoms with Crippen molar-refractivity contribution in [3.8, 4) is 11.5 Å². The number of nitrogens with zero attached hydrogens (tertiary/aromatic N) is 1. The van der Waals surface area contributed by atoms with Gasteiger partial charge in [-0.2, -0.15) is 0 Å². The molecule has 1 heterocycles. The Labute approximate surface area is 148 Å². The zero-order valence-corrected chi connectivity index (χ0v) is 14.7. The predicted octanol–water partition coefficient (Wildman–Crippen LogP) is 3.81. The van der Waals surface area contributed by atoms with Gasteiger partial charge in [-0.3, -0.25) is 9.78 Å². The van der Waals surface area contributed by atoms with Gasteiger partial charge in [0.15, 0.2) is 11.5 Å². The number of benzene rings is 1. The summed E-state index contributed by atoms with van der Waals surface area (Å²) in [6.45, 7) is 6.01. The van der Waals surface area contributed by atoms with Crippen LogP contribution in [0.2, 0.25) is 0 Å². The summed E-state index contributed by atoms with van der Waals surface area (Å²) in [5.41, 5.74) is 1.99. The zero-order valence-electron chi connectivity index (χ0n) is 14.7. The number of allylic oxidation sites excluding steroid dienone is 1. The molecule has 0 aliphatic heterocycles. The highest BCUT2D eigenvalue weighted by atomic mass is 16.5. The third kappa shape index (κ3) is 5.64. The fourth-order valence-corrected chi connectivity index (χ4v) is 2.34. The maximum Gasteiger partial charge on any atom is 0.220 e. The Morgan fingerprint density at radius 1 is 1.28 bits per heavy atom. The minimum absolute atomic E-state index is 0.00406. The van der Waals surface area contributed by atoms with E-state index in [1.165, 1.54) is 0 Å². The van der Waals surface area contributed by atoms with Crippen LogP contribution in [0, 0.1) is 0 Å². The van der Waals surface area contributed by atoms with Crippen molar-refractivity contribution in [1.29, 1.82) is 0 Å². The molecule has 5 heteroatoms. The molecule has 0 aliphatic carbocycles. The molecule has 0 spiro atoms. The van der Waals surface area contributed by atoms with E-state index >= 15 is 0 Å². The van der Waals surface area contributed by atoms with Crippen molar-refractivity contribution >= 4 is 5.91 Å². The van der Waals surface area contributed by atoms with Crippen LogP contribution in [-0.4, -0.2) is 18.0 Å². The molecule has 1 aromatic heterocycles. The molecule has 1 aromatic carbocycles. The normalized spacial score (nSPS) is 11.4. The van der Waals surface area contributed by atoms with E-state index in [2.05, 4.69) is 16.9 Å². The van der Waals surface area contributed by atoms with Crippen molar-refractivity contribution in [3.63, 3.8) is 0 Å². The summed E-state index contributed by atoms with van der Waals surface area (Å²) in [6.07, 6.45) is 6.31. The summed E-state index contributed by atoms with van der Waals surface area (Å²) in [5, 5.41) is 2.97. The Morgan fingerprint density at radius 3 is 2.72 bits per heavy atom. The molecule has 0 radical (unpaired) electrons. The molecule has 5 nitrogen and oxygen atoms in total. The average Bonchev–Trinajstić information content (AvgIpc) is 2.65. The Balaban J connectivity index is 2.02. The second-order valence-electron chi connectivity index (χ2n) is 5.67. The second-order valence-corrected chi connectivity index (χ2v) is 5.67. The van der Waals surface area contributed by atoms with Crippen LogP contribution >= 0.6 is 0 Å². The average molecular weight is 340 g/mol. The van der Waals surface area contributed by atoms with E-state index in [1.807, 2.05) is 37.3 Å². The van der Waals surface area contributed by atoms with E-state index in [4.69, 9.17) is 9.47 Å². The van der Waals surface area contributed by atoms with Gasteiger partial charge in [-0.25, -0.2) is 0 Å². The standard InChI is InChI=1S/C20H24N2O3/c1-4-5-6-20(23)22-15(2)17-7-8-18(19(13-17)24-3)25-14-16-9-11-21-12-10-16/h4,7-13,15H,1,5-6,14H2,2-3H3,(H,22,23)/t15-/m0/s1. The molecule has 132 valence electrons. The molecule has 0 fully saturated rings. The number of amides is 1. The summed E-state index contributed by atoms with van der Waals surface area (Å²) in [7, 11) is 1.60. The minimum atomic E-state index is -0.111. The van der Waals surface area contributed by atoms with E-state index in [0.717, 1.165) is 11.1 Å². The molecule has 0 saturated heterocycles. The number of aromatic nitrogens is 1. The van der Waals surface area contributed by atoms with Gasteiger partial charge in [0.2, 0.25) is 5.91 Å². The lowest BCUT2D eigenvalue weighted by Crippen LogP contribution is -2.26. The second kappa shape index (κ2) is 9.47. The monoisotopic (exact) mass is 340 g/mol. The highest BCUT2D eigenvalue weighted by molar-refractivity contribution is 5.76. The van der Waals surface area contributed by atoms with Gasteiger partial charge in [0.05, 0.1) is 13.2 Å². The Morgan fingerprint density at radius 2 is 2.04 bits per heavy atom. The number of ether oxygens (including phenoxy) is 2. The van der Waals surface area contributed by atoms with Gasteiger partial charge in [0, 0.05) is 18.8 Å². The fourth-order valence-electron chi connectivity index (χ4n) is 2.34. The molecular weight excluding hydrogens is 316 g/mol. The van der Waals surface area contributed by atoms with E-state index in [-0.39, 0.29) is 11.9 Å². The van der Waals surface area contributed by atoms with Crippen molar-refractivity contribution in [2.24, 2.45) is 0 Å². The maximum absolute atomic E-state index is 11.8. The molecule has 0 aliphatic rings. The molecule has 1 amide bonds. The van der Waals surface area contributed by atoms with Crippen molar-refractivity contribution in [3.05, 3.63) is 66.5 Å². The highest BCUT2D eigenvalue weighted by Crippen LogP contribution is 2.31. The van der Waals surface area contributed by atoms with Gasteiger partial charge in [0.25, 0.3) is 0 Å². The number of pyridine rings is 1. The minimum Gasteiger partial charge on any atom is -0.493 e. The largest absolute Gasteiger partial charge is 0.493 e. The van der Waals surface area contributed by atoms with Crippen LogP contribution in [0.5, 0.6) is 11.5 Å². The van der Waals surface area contributed by atoms with E-state index in [0.29, 0.717) is 30.9 Å². The van der Waals surface area contributed by atoms with Crippen molar-refractivity contribution in [2.45, 2.75) is 32.4 Å². The quantitative estimate of drug-likeness (QED) is 0.705. The van der Waals surface area contributed by atoms with Crippen molar-refractivity contribution < 1.29 is 14.3 Å². The van der Waals surface area contributed by atoms with Gasteiger partial charge in [-0.1, -0.05) is 12.1 Å². The van der Waals surface area contributed by atoms with Crippen LogP contribution < -0.4 is 14.8 Å². The summed E-state index contributed by atoms with van der Waals surface area (Å²) < 4.78 is 11.3. The highest BCUT2D eigenvalue weighted by Gasteiger charge is 2.13. The van der Waals surface area contributed by atoms with Crippen LogP contribution in [0.3, 0.4) is 0 Å². The number of hydrogen-bond donors (Lipinski definition) is 1. The zero-order chi connectivity index (χ0) is 18.1. The molecule has 2 aromatic rings. The lowest BCUT2D eigenvalue weighted by molar-refractivity contribution is -0.121. The van der Waals surface area contributed by atoms with Crippen LogP contribution in [-0.2, 0) is 11.4 Å². The van der Waals surface area contributed by atoms with Gasteiger partial charge in [0.1, 0.15) is 6.61 Å². The third-order valence-corrected chi connectivity index (χ3v) is 3.78. The van der Waals surface area contributed by atoms with E-state index in [1.54, 1.807) is 25.6 Å². The summed E-state index contributed by atoms with van der Waals surface area (Å²) in [6, 6.07) is 9.38. The first-order valence-corrected chi connectivity index (χ1v) is 8.24. The number of rotatable bonds is 9. The maximum atomic E-state index is 11.8. The van der Waals surface area contributed by atoms with Crippen LogP contribution in [0.4, 0.5) is 0 Å². The van der Waals surface area contributed by atoms with Gasteiger partial charge >= 0.3 is 0 Å². The summed E-state index contributed by atoms with van der Waals surface area (Å²) in [5.74, 6) is 1.30. The predicted molar refractivity (Wildman–Crippen MR) is 97.6 cm³/mol. The Bertz CT molecular complexity index is 701. The van der Waals surface area contributed by atoms with Gasteiger partial charge in [-0.05, 0) is 48.7 Å². The molecule has 1 N–H and O–H groups in total. The molecule has 0 unspecified atom stereocenters. The fraction of sp³-hybridized carbons (Fsp3) is 0.300. The number of methoxy groups -OCH3 is 1. The van der Waals surface area contributed by atoms with Crippen molar-refractivity contribution in [2.75, 3.05) is 7.11 Å². The molecule has 1 atom stereocenters. The molecule has 0 saturated carbocycles. The van der Waals surface area contributed by atoms with Crippen LogP contribution in [0.15, 0.2) is 55.4 Å². The van der Waals surface area contributed by atoms with Gasteiger partial charge in [-0.15, -0.1) is 6.58 Å². The van der Waals surface area contributed by atoms with E-state index < -0.39 is 0 Å². The SMILES string of the molecule is C=CCCC(=O)N[C@@H](C)c1ccc(OCc2ccncc2)c(OC)c1. The molecule has 25 heavy (non-hydrogen) atoms. The smallest absolute Gasteiger partial charge is 0.220 e. The van der Waals surface area contributed by atoms with Crippen LogP contribution in [0.1, 0.15) is 36.9 Å². The number of carbonyl (C=O) groups is 1. The summed E-state index contributed by atoms with van der Waals surface area (Å²) >= 11 is 0. The topological polar surface area (TPSA) is 60.5 Å². The first-order chi connectivity index (χ1) is 12.1. The number of carbonyl (C=O) groups excluding carboxylic acids is 1. The molecule has 0 bridgehead atoms. The number of hydrogen-bond acceptors (Lipinski definition) is 4. The van der Waals surface area contributed by atoms with Crippen molar-refractivity contribution in [1.82, 2.24) is 10.3 Å². The summed E-state index contributed by atoms with van der Waals surface area (Å²) in [4.78, 5) is 15.8.